The monoisotopic (exact) mass is 248 g/mol. The highest BCUT2D eigenvalue weighted by atomic mass is 16.5. The maximum Gasteiger partial charge on any atom is 0.318 e. The number of nitrogens with zero attached hydrogens (tertiary/aromatic N) is 4. The zero-order valence-electron chi connectivity index (χ0n) is 11.0. The highest BCUT2D eigenvalue weighted by Gasteiger charge is 2.14. The average Bonchev–Trinajstić information content (AvgIpc) is 2.37. The number of ether oxygens (including phenoxy) is 1. The normalized spacial score (nSPS) is 11.2. The van der Waals surface area contributed by atoms with Crippen molar-refractivity contribution in [1.82, 2.24) is 19.5 Å². The summed E-state index contributed by atoms with van der Waals surface area (Å²) in [7, 11) is 1.49. The molecule has 0 aliphatic rings. The minimum atomic E-state index is -0.0965. The zero-order chi connectivity index (χ0) is 13.3. The Morgan fingerprint density at radius 3 is 2.67 bits per heavy atom. The van der Waals surface area contributed by atoms with Crippen LogP contribution in [0, 0.1) is 0 Å². The van der Waals surface area contributed by atoms with E-state index in [1.54, 1.807) is 10.8 Å². The van der Waals surface area contributed by atoms with Crippen LogP contribution < -0.4 is 10.3 Å². The van der Waals surface area contributed by atoms with E-state index in [1.165, 1.54) is 7.11 Å². The lowest BCUT2D eigenvalue weighted by Gasteiger charge is -2.11. The molecule has 0 aliphatic heterocycles. The predicted octanol–water partition coefficient (Wildman–Crippen LogP) is 1.34. The molecule has 0 N–H and O–H groups in total. The fourth-order valence-corrected chi connectivity index (χ4v) is 1.81. The van der Waals surface area contributed by atoms with E-state index in [9.17, 15) is 4.79 Å². The van der Waals surface area contributed by atoms with E-state index < -0.39 is 0 Å². The quantitative estimate of drug-likeness (QED) is 0.819. The summed E-state index contributed by atoms with van der Waals surface area (Å²) >= 11 is 0. The molecule has 0 aromatic carbocycles. The molecule has 6 heteroatoms. The highest BCUT2D eigenvalue weighted by molar-refractivity contribution is 5.69. The third-order valence-electron chi connectivity index (χ3n) is 2.73. The molecule has 2 rings (SSSR count). The Morgan fingerprint density at radius 1 is 1.39 bits per heavy atom. The summed E-state index contributed by atoms with van der Waals surface area (Å²) in [5, 5.41) is 0. The average molecular weight is 248 g/mol. The van der Waals surface area contributed by atoms with Gasteiger partial charge < -0.3 is 4.74 Å². The summed E-state index contributed by atoms with van der Waals surface area (Å²) < 4.78 is 6.57. The van der Waals surface area contributed by atoms with Gasteiger partial charge in [-0.05, 0) is 6.92 Å². The lowest BCUT2D eigenvalue weighted by molar-refractivity contribution is 0.380. The Balaban J connectivity index is 2.84. The first-order valence-corrected chi connectivity index (χ1v) is 5.90. The Hall–Kier alpha value is -1.98. The van der Waals surface area contributed by atoms with Crippen molar-refractivity contribution in [3.8, 4) is 6.01 Å². The number of fused-ring (bicyclic) bond motifs is 1. The first-order chi connectivity index (χ1) is 8.58. The number of aryl methyl sites for hydroxylation is 1. The smallest absolute Gasteiger partial charge is 0.318 e. The molecule has 0 saturated heterocycles. The molecule has 0 saturated carbocycles. The van der Waals surface area contributed by atoms with Crippen molar-refractivity contribution < 1.29 is 4.74 Å². The van der Waals surface area contributed by atoms with E-state index in [4.69, 9.17) is 4.74 Å². The maximum absolute atomic E-state index is 12.3. The molecule has 0 atom stereocenters. The van der Waals surface area contributed by atoms with Gasteiger partial charge in [-0.15, -0.1) is 0 Å². The maximum atomic E-state index is 12.3. The summed E-state index contributed by atoms with van der Waals surface area (Å²) in [4.78, 5) is 24.8. The van der Waals surface area contributed by atoms with Gasteiger partial charge >= 0.3 is 6.01 Å². The third-order valence-corrected chi connectivity index (χ3v) is 2.73. The standard InChI is InChI=1S/C12H16N4O2/c1-5-16-10-8(6-13-12(15-10)18-4)14-9(7(2)3)11(16)17/h6-7H,5H2,1-4H3. The van der Waals surface area contributed by atoms with Crippen LogP contribution in [0.4, 0.5) is 0 Å². The van der Waals surface area contributed by atoms with Crippen molar-refractivity contribution in [1.29, 1.82) is 0 Å². The van der Waals surface area contributed by atoms with Gasteiger partial charge in [0.1, 0.15) is 11.2 Å². The summed E-state index contributed by atoms with van der Waals surface area (Å²) in [6.07, 6.45) is 1.58. The Labute approximate surface area is 105 Å². The molecule has 2 aromatic heterocycles. The molecule has 2 heterocycles. The summed E-state index contributed by atoms with van der Waals surface area (Å²) in [6.45, 7) is 6.33. The Morgan fingerprint density at radius 2 is 2.11 bits per heavy atom. The van der Waals surface area contributed by atoms with Crippen LogP contribution in [0.15, 0.2) is 11.0 Å². The van der Waals surface area contributed by atoms with Gasteiger partial charge in [-0.1, -0.05) is 13.8 Å². The fraction of sp³-hybridized carbons (Fsp3) is 0.500. The van der Waals surface area contributed by atoms with Gasteiger partial charge in [-0.3, -0.25) is 9.36 Å². The van der Waals surface area contributed by atoms with Crippen molar-refractivity contribution in [2.75, 3.05) is 7.11 Å². The molecule has 0 unspecified atom stereocenters. The van der Waals surface area contributed by atoms with Crippen molar-refractivity contribution >= 4 is 11.2 Å². The van der Waals surface area contributed by atoms with Crippen LogP contribution in [0.1, 0.15) is 32.4 Å². The van der Waals surface area contributed by atoms with Crippen LogP contribution in [0.3, 0.4) is 0 Å². The van der Waals surface area contributed by atoms with E-state index in [0.29, 0.717) is 23.4 Å². The molecule has 2 aromatic rings. The van der Waals surface area contributed by atoms with Gasteiger partial charge in [0.2, 0.25) is 0 Å². The molecule has 0 radical (unpaired) electrons. The number of hydrogen-bond acceptors (Lipinski definition) is 5. The molecular weight excluding hydrogens is 232 g/mol. The molecule has 0 fully saturated rings. The van der Waals surface area contributed by atoms with Crippen LogP contribution >= 0.6 is 0 Å². The van der Waals surface area contributed by atoms with Crippen molar-refractivity contribution in [3.05, 3.63) is 22.2 Å². The first kappa shape index (κ1) is 12.5. The van der Waals surface area contributed by atoms with Gasteiger partial charge in [0.05, 0.1) is 13.3 Å². The van der Waals surface area contributed by atoms with E-state index in [-0.39, 0.29) is 17.5 Å². The van der Waals surface area contributed by atoms with Crippen LogP contribution in [0.5, 0.6) is 6.01 Å². The second kappa shape index (κ2) is 4.72. The number of hydrogen-bond donors (Lipinski definition) is 0. The minimum absolute atomic E-state index is 0.0711. The molecular formula is C12H16N4O2. The molecule has 6 nitrogen and oxygen atoms in total. The SMILES string of the molecule is CCn1c(=O)c(C(C)C)nc2cnc(OC)nc21. The van der Waals surface area contributed by atoms with Crippen molar-refractivity contribution in [3.63, 3.8) is 0 Å². The summed E-state index contributed by atoms with van der Waals surface area (Å²) in [5.74, 6) is 0.0711. The molecule has 0 bridgehead atoms. The Bertz CT molecular complexity index is 634. The highest BCUT2D eigenvalue weighted by Crippen LogP contribution is 2.14. The number of aromatic nitrogens is 4. The van der Waals surface area contributed by atoms with E-state index in [0.717, 1.165) is 0 Å². The molecule has 96 valence electrons. The van der Waals surface area contributed by atoms with Crippen molar-refractivity contribution in [2.24, 2.45) is 0 Å². The van der Waals surface area contributed by atoms with Gasteiger partial charge in [0.15, 0.2) is 5.65 Å². The second-order valence-electron chi connectivity index (χ2n) is 4.27. The first-order valence-electron chi connectivity index (χ1n) is 5.90. The van der Waals surface area contributed by atoms with Crippen LogP contribution in [-0.2, 0) is 6.54 Å². The van der Waals surface area contributed by atoms with Crippen LogP contribution in [-0.4, -0.2) is 26.6 Å². The summed E-state index contributed by atoms with van der Waals surface area (Å²) in [5.41, 5.74) is 1.57. The van der Waals surface area contributed by atoms with Crippen molar-refractivity contribution in [2.45, 2.75) is 33.2 Å². The lowest BCUT2D eigenvalue weighted by Crippen LogP contribution is -2.26. The minimum Gasteiger partial charge on any atom is -0.467 e. The molecule has 18 heavy (non-hydrogen) atoms. The fourth-order valence-electron chi connectivity index (χ4n) is 1.81. The van der Waals surface area contributed by atoms with Crippen LogP contribution in [0.25, 0.3) is 11.2 Å². The predicted molar refractivity (Wildman–Crippen MR) is 67.9 cm³/mol. The van der Waals surface area contributed by atoms with Crippen LogP contribution in [0.2, 0.25) is 0 Å². The Kier molecular flexibility index (Phi) is 3.27. The second-order valence-corrected chi connectivity index (χ2v) is 4.27. The van der Waals surface area contributed by atoms with E-state index in [2.05, 4.69) is 15.0 Å². The largest absolute Gasteiger partial charge is 0.467 e. The zero-order valence-corrected chi connectivity index (χ0v) is 11.0. The topological polar surface area (TPSA) is 69.9 Å². The van der Waals surface area contributed by atoms with Gasteiger partial charge in [-0.2, -0.15) is 4.98 Å². The number of rotatable bonds is 3. The third kappa shape index (κ3) is 1.94. The molecule has 0 amide bonds. The summed E-state index contributed by atoms with van der Waals surface area (Å²) in [6, 6.07) is 0.239. The van der Waals surface area contributed by atoms with Gasteiger partial charge in [-0.25, -0.2) is 9.97 Å². The lowest BCUT2D eigenvalue weighted by atomic mass is 10.1. The van der Waals surface area contributed by atoms with E-state index in [1.807, 2.05) is 20.8 Å². The molecule has 0 aliphatic carbocycles. The van der Waals surface area contributed by atoms with Gasteiger partial charge in [0.25, 0.3) is 5.56 Å². The molecule has 0 spiro atoms. The van der Waals surface area contributed by atoms with E-state index >= 15 is 0 Å². The van der Waals surface area contributed by atoms with Gasteiger partial charge in [0, 0.05) is 12.5 Å². The number of methoxy groups -OCH3 is 1.